The molecule has 0 atom stereocenters. The van der Waals surface area contributed by atoms with Gasteiger partial charge in [-0.15, -0.1) is 0 Å². The first-order valence-corrected chi connectivity index (χ1v) is 8.99. The first-order valence-electron chi connectivity index (χ1n) is 8.99. The second-order valence-electron chi connectivity index (χ2n) is 6.45. The van der Waals surface area contributed by atoms with Crippen molar-refractivity contribution in [2.45, 2.75) is 20.4 Å². The first-order chi connectivity index (χ1) is 13.6. The van der Waals surface area contributed by atoms with E-state index in [1.165, 1.54) is 6.21 Å². The number of rotatable bonds is 4. The van der Waals surface area contributed by atoms with E-state index in [1.807, 2.05) is 37.3 Å². The van der Waals surface area contributed by atoms with Gasteiger partial charge in [0.1, 0.15) is 5.82 Å². The van der Waals surface area contributed by atoms with Gasteiger partial charge in [-0.2, -0.15) is 5.10 Å². The highest BCUT2D eigenvalue weighted by atomic mass is 16.2. The highest BCUT2D eigenvalue weighted by Gasteiger charge is 2.10. The van der Waals surface area contributed by atoms with Gasteiger partial charge in [-0.05, 0) is 49.6 Å². The maximum atomic E-state index is 12.4. The van der Waals surface area contributed by atoms with Gasteiger partial charge in [0.25, 0.3) is 11.5 Å². The van der Waals surface area contributed by atoms with E-state index in [1.54, 1.807) is 18.2 Å². The van der Waals surface area contributed by atoms with Gasteiger partial charge in [0.2, 0.25) is 0 Å². The summed E-state index contributed by atoms with van der Waals surface area (Å²) in [4.78, 5) is 31.8. The van der Waals surface area contributed by atoms with Crippen LogP contribution in [-0.4, -0.2) is 26.7 Å². The van der Waals surface area contributed by atoms with Gasteiger partial charge in [-0.3, -0.25) is 9.59 Å². The van der Waals surface area contributed by atoms with Gasteiger partial charge < -0.3 is 9.55 Å². The van der Waals surface area contributed by atoms with Crippen LogP contribution in [0.2, 0.25) is 0 Å². The zero-order chi connectivity index (χ0) is 19.7. The number of aryl methyl sites for hydroxylation is 2. The lowest BCUT2D eigenvalue weighted by atomic mass is 10.2. The van der Waals surface area contributed by atoms with Crippen LogP contribution < -0.4 is 11.0 Å². The molecule has 0 radical (unpaired) electrons. The lowest BCUT2D eigenvalue weighted by Crippen LogP contribution is -2.19. The summed E-state index contributed by atoms with van der Waals surface area (Å²) in [5, 5.41) is 4.83. The van der Waals surface area contributed by atoms with Crippen molar-refractivity contribution >= 4 is 34.1 Å². The number of amides is 1. The molecule has 2 N–H and O–H groups in total. The molecule has 2 aromatic heterocycles. The average molecular weight is 373 g/mol. The summed E-state index contributed by atoms with van der Waals surface area (Å²) >= 11 is 0. The molecule has 0 saturated heterocycles. The van der Waals surface area contributed by atoms with Crippen LogP contribution in [0.5, 0.6) is 0 Å². The minimum absolute atomic E-state index is 0.265. The van der Waals surface area contributed by atoms with Crippen LogP contribution in [0.25, 0.3) is 21.9 Å². The molecule has 140 valence electrons. The third-order valence-corrected chi connectivity index (χ3v) is 4.67. The number of aromatic amines is 1. The summed E-state index contributed by atoms with van der Waals surface area (Å²) in [7, 11) is 0. The van der Waals surface area contributed by atoms with Gasteiger partial charge in [-0.1, -0.05) is 18.2 Å². The largest absolute Gasteiger partial charge is 0.329 e. The number of hydrazone groups is 1. The summed E-state index contributed by atoms with van der Waals surface area (Å²) in [6.45, 7) is 4.81. The predicted molar refractivity (Wildman–Crippen MR) is 110 cm³/mol. The van der Waals surface area contributed by atoms with E-state index >= 15 is 0 Å². The Labute approximate surface area is 160 Å². The van der Waals surface area contributed by atoms with Crippen molar-refractivity contribution in [1.82, 2.24) is 20.0 Å². The molecular formula is C21H19N5O2. The molecule has 0 aliphatic heterocycles. The van der Waals surface area contributed by atoms with E-state index in [9.17, 15) is 9.59 Å². The van der Waals surface area contributed by atoms with E-state index in [-0.39, 0.29) is 11.5 Å². The van der Waals surface area contributed by atoms with Crippen molar-refractivity contribution in [3.05, 3.63) is 75.8 Å². The summed E-state index contributed by atoms with van der Waals surface area (Å²) in [5.41, 5.74) is 5.53. The fourth-order valence-electron chi connectivity index (χ4n) is 3.28. The van der Waals surface area contributed by atoms with Gasteiger partial charge in [0.15, 0.2) is 0 Å². The van der Waals surface area contributed by atoms with Gasteiger partial charge >= 0.3 is 0 Å². The number of aromatic nitrogens is 3. The molecule has 0 fully saturated rings. The number of carbonyl (C=O) groups is 1. The maximum absolute atomic E-state index is 12.4. The van der Waals surface area contributed by atoms with Crippen molar-refractivity contribution < 1.29 is 4.79 Å². The molecule has 0 bridgehead atoms. The molecule has 7 heteroatoms. The molecular weight excluding hydrogens is 354 g/mol. The van der Waals surface area contributed by atoms with Crippen molar-refractivity contribution in [3.8, 4) is 0 Å². The van der Waals surface area contributed by atoms with Crippen LogP contribution in [0.3, 0.4) is 0 Å². The number of hydrogen-bond acceptors (Lipinski definition) is 4. The van der Waals surface area contributed by atoms with Gasteiger partial charge in [0.05, 0.1) is 22.8 Å². The number of H-pyrrole nitrogens is 1. The minimum atomic E-state index is -0.362. The van der Waals surface area contributed by atoms with E-state index in [0.717, 1.165) is 34.3 Å². The molecule has 0 saturated carbocycles. The fourth-order valence-corrected chi connectivity index (χ4v) is 3.28. The number of fused-ring (bicyclic) bond motifs is 2. The predicted octanol–water partition coefficient (Wildman–Crippen LogP) is 2.97. The van der Waals surface area contributed by atoms with E-state index < -0.39 is 0 Å². The molecule has 4 aromatic rings. The van der Waals surface area contributed by atoms with Crippen LogP contribution in [0.4, 0.5) is 0 Å². The smallest absolute Gasteiger partial charge is 0.271 e. The monoisotopic (exact) mass is 373 g/mol. The zero-order valence-electron chi connectivity index (χ0n) is 15.6. The van der Waals surface area contributed by atoms with Crippen LogP contribution in [0.15, 0.2) is 58.4 Å². The molecule has 28 heavy (non-hydrogen) atoms. The number of benzene rings is 2. The molecule has 0 aliphatic rings. The standard InChI is InChI=1S/C21H19N5O2/c1-3-26-13(2)23-18-11-15(8-9-19(18)26)21(28)25-22-12-16-10-14-6-4-5-7-17(14)24-20(16)27/h4-12H,3H2,1-2H3,(H,24,27)(H,25,28)/b22-12+. The minimum Gasteiger partial charge on any atom is -0.329 e. The Balaban J connectivity index is 1.55. The summed E-state index contributed by atoms with van der Waals surface area (Å²) in [6, 6.07) is 14.6. The molecule has 0 aliphatic carbocycles. The number of para-hydroxylation sites is 1. The number of hydrogen-bond donors (Lipinski definition) is 2. The third kappa shape index (κ3) is 3.18. The molecule has 7 nitrogen and oxygen atoms in total. The zero-order valence-corrected chi connectivity index (χ0v) is 15.6. The maximum Gasteiger partial charge on any atom is 0.271 e. The van der Waals surface area contributed by atoms with Crippen LogP contribution in [0.1, 0.15) is 28.7 Å². The summed E-state index contributed by atoms with van der Waals surface area (Å²) < 4.78 is 2.08. The molecule has 0 unspecified atom stereocenters. The molecule has 4 rings (SSSR count). The SMILES string of the molecule is CCn1c(C)nc2cc(C(=O)N/N=C/c3cc4ccccc4[nH]c3=O)ccc21. The normalized spacial score (nSPS) is 11.5. The average Bonchev–Trinajstić information content (AvgIpc) is 3.02. The van der Waals surface area contributed by atoms with Crippen LogP contribution in [-0.2, 0) is 6.54 Å². The topological polar surface area (TPSA) is 92.1 Å². The number of imidazole rings is 1. The second kappa shape index (κ2) is 7.11. The quantitative estimate of drug-likeness (QED) is 0.425. The molecule has 0 spiro atoms. The Kier molecular flexibility index (Phi) is 4.49. The highest BCUT2D eigenvalue weighted by Crippen LogP contribution is 2.17. The van der Waals surface area contributed by atoms with E-state index in [0.29, 0.717) is 11.1 Å². The highest BCUT2D eigenvalue weighted by molar-refractivity contribution is 5.98. The fraction of sp³-hybridized carbons (Fsp3) is 0.143. The Hall–Kier alpha value is -3.74. The lowest BCUT2D eigenvalue weighted by Gasteiger charge is -2.03. The number of carbonyl (C=O) groups excluding carboxylic acids is 1. The van der Waals surface area contributed by atoms with Gasteiger partial charge in [0, 0.05) is 17.6 Å². The van der Waals surface area contributed by atoms with Crippen LogP contribution >= 0.6 is 0 Å². The van der Waals surface area contributed by atoms with Crippen molar-refractivity contribution in [3.63, 3.8) is 0 Å². The Morgan fingerprint density at radius 1 is 1.25 bits per heavy atom. The second-order valence-corrected chi connectivity index (χ2v) is 6.45. The van der Waals surface area contributed by atoms with Crippen molar-refractivity contribution in [2.75, 3.05) is 0 Å². The summed E-state index contributed by atoms with van der Waals surface area (Å²) in [6.07, 6.45) is 1.34. The van der Waals surface area contributed by atoms with E-state index in [2.05, 4.69) is 32.0 Å². The summed E-state index contributed by atoms with van der Waals surface area (Å²) in [5.74, 6) is 0.544. The lowest BCUT2D eigenvalue weighted by molar-refractivity contribution is 0.0955. The van der Waals surface area contributed by atoms with Crippen molar-refractivity contribution in [1.29, 1.82) is 0 Å². The number of nitrogens with zero attached hydrogens (tertiary/aromatic N) is 3. The first kappa shape index (κ1) is 17.7. The molecule has 2 aromatic carbocycles. The van der Waals surface area contributed by atoms with Gasteiger partial charge in [-0.25, -0.2) is 10.4 Å². The van der Waals surface area contributed by atoms with Crippen molar-refractivity contribution in [2.24, 2.45) is 5.10 Å². The van der Waals surface area contributed by atoms with E-state index in [4.69, 9.17) is 0 Å². The molecule has 2 heterocycles. The molecule has 1 amide bonds. The Morgan fingerprint density at radius 2 is 2.07 bits per heavy atom. The third-order valence-electron chi connectivity index (χ3n) is 4.67. The number of pyridine rings is 1. The Morgan fingerprint density at radius 3 is 2.89 bits per heavy atom. The van der Waals surface area contributed by atoms with Crippen LogP contribution in [0, 0.1) is 6.92 Å². The Bertz CT molecular complexity index is 1280. The number of nitrogens with one attached hydrogen (secondary N) is 2.